The van der Waals surface area contributed by atoms with E-state index in [9.17, 15) is 10.2 Å². The molecule has 0 aromatic carbocycles. The molecule has 0 aliphatic carbocycles. The molecule has 0 atom stereocenters. The third-order valence-corrected chi connectivity index (χ3v) is 2.17. The molecule has 0 fully saturated rings. The molecule has 1 aromatic heterocycles. The van der Waals surface area contributed by atoms with E-state index in [0.29, 0.717) is 4.90 Å². The molecular weight excluding hydrogens is 260 g/mol. The first-order valence-electron chi connectivity index (χ1n) is 4.98. The minimum atomic E-state index is -2.11. The summed E-state index contributed by atoms with van der Waals surface area (Å²) in [6.07, 6.45) is -4.09. The molecule has 0 saturated heterocycles. The minimum absolute atomic E-state index is 0.217. The van der Waals surface area contributed by atoms with Crippen LogP contribution in [0.3, 0.4) is 0 Å². The summed E-state index contributed by atoms with van der Waals surface area (Å²) in [6.45, 7) is 0. The number of aromatic nitrogens is 3. The number of rotatable bonds is 6. The normalized spacial score (nSPS) is 11.9. The minimum Gasteiger partial charge on any atom is -0.368 e. The highest BCUT2D eigenvalue weighted by Gasteiger charge is 2.44. The summed E-state index contributed by atoms with van der Waals surface area (Å²) in [4.78, 5) is 11.6. The second kappa shape index (κ2) is 5.90. The van der Waals surface area contributed by atoms with Crippen LogP contribution >= 0.6 is 0 Å². The van der Waals surface area contributed by atoms with Gasteiger partial charge in [-0.05, 0) is 0 Å². The SMILES string of the molecule is COC(OC)(OC)N(c1nc(N)nc(N)n1)C(O)O. The van der Waals surface area contributed by atoms with Crippen molar-refractivity contribution >= 4 is 17.8 Å². The predicted octanol–water partition coefficient (Wildman–Crippen LogP) is -2.34. The van der Waals surface area contributed by atoms with Crippen molar-refractivity contribution in [3.8, 4) is 0 Å². The Hall–Kier alpha value is -1.79. The van der Waals surface area contributed by atoms with E-state index in [1.807, 2.05) is 0 Å². The molecule has 6 N–H and O–H groups in total. The fourth-order valence-electron chi connectivity index (χ4n) is 1.42. The molecule has 0 radical (unpaired) electrons. The third kappa shape index (κ3) is 2.97. The molecule has 11 heteroatoms. The lowest BCUT2D eigenvalue weighted by Gasteiger charge is -2.39. The molecule has 19 heavy (non-hydrogen) atoms. The number of hydrogen-bond acceptors (Lipinski definition) is 11. The fourth-order valence-corrected chi connectivity index (χ4v) is 1.42. The van der Waals surface area contributed by atoms with Gasteiger partial charge in [0.2, 0.25) is 24.3 Å². The number of hydrogen-bond donors (Lipinski definition) is 4. The third-order valence-electron chi connectivity index (χ3n) is 2.17. The van der Waals surface area contributed by atoms with Gasteiger partial charge in [-0.25, -0.2) is 4.90 Å². The zero-order chi connectivity index (χ0) is 14.6. The van der Waals surface area contributed by atoms with Crippen LogP contribution < -0.4 is 16.4 Å². The number of nitrogens with zero attached hydrogens (tertiary/aromatic N) is 4. The molecular formula is C8H16N6O5. The second-order valence-electron chi connectivity index (χ2n) is 3.20. The Kier molecular flexibility index (Phi) is 4.74. The summed E-state index contributed by atoms with van der Waals surface area (Å²) in [7, 11) is 3.66. The van der Waals surface area contributed by atoms with Crippen molar-refractivity contribution in [2.45, 2.75) is 12.5 Å². The van der Waals surface area contributed by atoms with Crippen molar-refractivity contribution in [1.29, 1.82) is 0 Å². The zero-order valence-electron chi connectivity index (χ0n) is 10.6. The van der Waals surface area contributed by atoms with Gasteiger partial charge in [-0.1, -0.05) is 0 Å². The van der Waals surface area contributed by atoms with Gasteiger partial charge in [0.15, 0.2) is 0 Å². The first-order chi connectivity index (χ1) is 8.90. The smallest absolute Gasteiger partial charge is 0.368 e. The van der Waals surface area contributed by atoms with Gasteiger partial charge in [-0.2, -0.15) is 15.0 Å². The van der Waals surface area contributed by atoms with Crippen LogP contribution in [-0.4, -0.2) is 59.0 Å². The maximum absolute atomic E-state index is 9.44. The monoisotopic (exact) mass is 276 g/mol. The van der Waals surface area contributed by atoms with E-state index >= 15 is 0 Å². The van der Waals surface area contributed by atoms with Crippen LogP contribution in [-0.2, 0) is 14.2 Å². The average molecular weight is 276 g/mol. The summed E-state index contributed by atoms with van der Waals surface area (Å²) in [6, 6.07) is 0. The molecule has 0 spiro atoms. The van der Waals surface area contributed by atoms with Gasteiger partial charge < -0.3 is 35.9 Å². The summed E-state index contributed by atoms with van der Waals surface area (Å²) < 4.78 is 14.9. The molecule has 0 unspecified atom stereocenters. The summed E-state index contributed by atoms with van der Waals surface area (Å²) >= 11 is 0. The molecule has 1 heterocycles. The zero-order valence-corrected chi connectivity index (χ0v) is 10.6. The molecule has 108 valence electrons. The van der Waals surface area contributed by atoms with Gasteiger partial charge >= 0.3 is 6.10 Å². The van der Waals surface area contributed by atoms with Crippen molar-refractivity contribution in [3.05, 3.63) is 0 Å². The molecule has 11 nitrogen and oxygen atoms in total. The molecule has 0 bridgehead atoms. The van der Waals surface area contributed by atoms with E-state index in [1.165, 1.54) is 21.3 Å². The second-order valence-corrected chi connectivity index (χ2v) is 3.20. The Labute approximate surface area is 108 Å². The largest absolute Gasteiger partial charge is 0.382 e. The Morgan fingerprint density at radius 1 is 1.00 bits per heavy atom. The van der Waals surface area contributed by atoms with Crippen LogP contribution in [0, 0.1) is 0 Å². The van der Waals surface area contributed by atoms with Gasteiger partial charge in [0.25, 0.3) is 0 Å². The van der Waals surface area contributed by atoms with E-state index < -0.39 is 12.5 Å². The van der Waals surface area contributed by atoms with Crippen molar-refractivity contribution in [2.75, 3.05) is 37.7 Å². The van der Waals surface area contributed by atoms with E-state index in [1.54, 1.807) is 0 Å². The average Bonchev–Trinajstić information content (AvgIpc) is 2.34. The molecule has 0 saturated carbocycles. The van der Waals surface area contributed by atoms with Crippen LogP contribution in [0.4, 0.5) is 17.8 Å². The van der Waals surface area contributed by atoms with E-state index in [4.69, 9.17) is 25.7 Å². The standard InChI is InChI=1S/C8H16N6O5/c1-17-8(18-2,19-3)14(7(15)16)6-12-4(9)11-5(10)13-6/h7,15-16H,1-3H3,(H4,9,10,11,12,13). The number of anilines is 3. The first-order valence-corrected chi connectivity index (χ1v) is 4.98. The Morgan fingerprint density at radius 2 is 1.42 bits per heavy atom. The quantitative estimate of drug-likeness (QED) is 0.412. The lowest BCUT2D eigenvalue weighted by Crippen LogP contribution is -2.58. The van der Waals surface area contributed by atoms with Crippen molar-refractivity contribution < 1.29 is 24.4 Å². The highest BCUT2D eigenvalue weighted by molar-refractivity contribution is 5.40. The Balaban J connectivity index is 3.34. The van der Waals surface area contributed by atoms with Gasteiger partial charge in [0.1, 0.15) is 0 Å². The van der Waals surface area contributed by atoms with Gasteiger partial charge in [-0.15, -0.1) is 0 Å². The molecule has 0 aliphatic heterocycles. The maximum Gasteiger partial charge on any atom is 0.382 e. The van der Waals surface area contributed by atoms with Crippen LogP contribution in [0.25, 0.3) is 0 Å². The van der Waals surface area contributed by atoms with Gasteiger partial charge in [0.05, 0.1) is 0 Å². The molecule has 1 rings (SSSR count). The number of aliphatic hydroxyl groups is 2. The van der Waals surface area contributed by atoms with Crippen molar-refractivity contribution in [3.63, 3.8) is 0 Å². The number of ether oxygens (including phenoxy) is 3. The highest BCUT2D eigenvalue weighted by Crippen LogP contribution is 2.25. The maximum atomic E-state index is 9.44. The van der Waals surface area contributed by atoms with Gasteiger partial charge in [-0.3, -0.25) is 0 Å². The Bertz CT molecular complexity index is 398. The summed E-state index contributed by atoms with van der Waals surface area (Å²) in [5, 5.41) is 18.9. The summed E-state index contributed by atoms with van der Waals surface area (Å²) in [5.74, 6) is -0.735. The van der Waals surface area contributed by atoms with Gasteiger partial charge in [0, 0.05) is 21.3 Å². The van der Waals surface area contributed by atoms with Crippen LogP contribution in [0.15, 0.2) is 0 Å². The lowest BCUT2D eigenvalue weighted by molar-refractivity contribution is -0.366. The van der Waals surface area contributed by atoms with E-state index in [-0.39, 0.29) is 17.8 Å². The number of methoxy groups -OCH3 is 3. The van der Waals surface area contributed by atoms with E-state index in [0.717, 1.165) is 0 Å². The first kappa shape index (κ1) is 15.3. The van der Waals surface area contributed by atoms with E-state index in [2.05, 4.69) is 15.0 Å². The van der Waals surface area contributed by atoms with Crippen molar-refractivity contribution in [2.24, 2.45) is 0 Å². The molecule has 1 aromatic rings. The van der Waals surface area contributed by atoms with Crippen LogP contribution in [0.2, 0.25) is 0 Å². The highest BCUT2D eigenvalue weighted by atomic mass is 16.9. The van der Waals surface area contributed by atoms with Crippen LogP contribution in [0.1, 0.15) is 0 Å². The fraction of sp³-hybridized carbons (Fsp3) is 0.625. The van der Waals surface area contributed by atoms with Crippen LogP contribution in [0.5, 0.6) is 0 Å². The van der Waals surface area contributed by atoms with Crippen molar-refractivity contribution in [1.82, 2.24) is 15.0 Å². The lowest BCUT2D eigenvalue weighted by atomic mass is 10.6. The number of nitrogens with two attached hydrogens (primary N) is 2. The number of nitrogen functional groups attached to an aromatic ring is 2. The topological polar surface area (TPSA) is 162 Å². The molecule has 0 aliphatic rings. The Morgan fingerprint density at radius 3 is 1.74 bits per heavy atom. The predicted molar refractivity (Wildman–Crippen MR) is 63.1 cm³/mol. The summed E-state index contributed by atoms with van der Waals surface area (Å²) in [5.41, 5.74) is 10.8. The molecule has 0 amide bonds. The number of aliphatic hydroxyl groups excluding tert-OH is 1.